The second-order valence-corrected chi connectivity index (χ2v) is 9.70. The summed E-state index contributed by atoms with van der Waals surface area (Å²) in [6.07, 6.45) is 11.0. The minimum atomic E-state index is 0.104. The van der Waals surface area contributed by atoms with Crippen molar-refractivity contribution in [1.29, 1.82) is 0 Å². The first kappa shape index (κ1) is 21.9. The van der Waals surface area contributed by atoms with Crippen LogP contribution in [0, 0.1) is 19.3 Å². The third kappa shape index (κ3) is 5.48. The molecule has 1 aromatic carbocycles. The number of aliphatic hydroxyl groups is 1. The molecular formula is C25H36N4O2. The van der Waals surface area contributed by atoms with Gasteiger partial charge in [-0.25, -0.2) is 0 Å². The molecule has 1 aliphatic carbocycles. The van der Waals surface area contributed by atoms with Crippen molar-refractivity contribution in [1.82, 2.24) is 14.7 Å². The van der Waals surface area contributed by atoms with Gasteiger partial charge in [0.25, 0.3) is 0 Å². The van der Waals surface area contributed by atoms with Gasteiger partial charge in [0.05, 0.1) is 25.0 Å². The molecule has 2 aromatic rings. The van der Waals surface area contributed by atoms with E-state index in [4.69, 9.17) is 5.11 Å². The Labute approximate surface area is 185 Å². The van der Waals surface area contributed by atoms with Crippen molar-refractivity contribution in [3.05, 3.63) is 47.3 Å². The van der Waals surface area contributed by atoms with Gasteiger partial charge in [-0.3, -0.25) is 9.48 Å². The summed E-state index contributed by atoms with van der Waals surface area (Å²) in [7, 11) is 0. The van der Waals surface area contributed by atoms with Crippen molar-refractivity contribution < 1.29 is 9.90 Å². The number of anilines is 1. The number of carbonyl (C=O) groups is 1. The van der Waals surface area contributed by atoms with Crippen molar-refractivity contribution in [2.24, 2.45) is 5.41 Å². The highest BCUT2D eigenvalue weighted by atomic mass is 16.3. The van der Waals surface area contributed by atoms with Crippen molar-refractivity contribution in [3.63, 3.8) is 0 Å². The van der Waals surface area contributed by atoms with Gasteiger partial charge in [-0.05, 0) is 63.4 Å². The number of aliphatic hydroxyl groups excluding tert-OH is 1. The molecule has 168 valence electrons. The summed E-state index contributed by atoms with van der Waals surface area (Å²) in [6.45, 7) is 6.72. The van der Waals surface area contributed by atoms with E-state index < -0.39 is 0 Å². The van der Waals surface area contributed by atoms with Crippen LogP contribution in [0.5, 0.6) is 0 Å². The van der Waals surface area contributed by atoms with Gasteiger partial charge in [0.15, 0.2) is 0 Å². The molecule has 0 radical (unpaired) electrons. The molecule has 6 heteroatoms. The summed E-state index contributed by atoms with van der Waals surface area (Å²) < 4.78 is 1.77. The molecule has 0 bridgehead atoms. The normalized spacial score (nSPS) is 23.5. The molecule has 6 nitrogen and oxygen atoms in total. The van der Waals surface area contributed by atoms with Crippen LogP contribution in [0.4, 0.5) is 5.69 Å². The highest BCUT2D eigenvalue weighted by molar-refractivity contribution is 5.76. The Bertz CT molecular complexity index is 878. The van der Waals surface area contributed by atoms with Gasteiger partial charge < -0.3 is 15.3 Å². The SMILES string of the molecule is Cc1cc(C)cc(CCC(=O)N2CC[C@]3(CC[C@@H](Nc4cnn(CCO)c4)CC3)C2)c1. The summed E-state index contributed by atoms with van der Waals surface area (Å²) in [4.78, 5) is 15.0. The molecule has 1 saturated carbocycles. The first-order chi connectivity index (χ1) is 14.9. The summed E-state index contributed by atoms with van der Waals surface area (Å²) in [5.41, 5.74) is 5.16. The number of likely N-dealkylation sites (tertiary alicyclic amines) is 1. The quantitative estimate of drug-likeness (QED) is 0.711. The number of carbonyl (C=O) groups excluding carboxylic acids is 1. The number of nitrogens with one attached hydrogen (secondary N) is 1. The minimum absolute atomic E-state index is 0.104. The maximum absolute atomic E-state index is 12.9. The minimum Gasteiger partial charge on any atom is -0.394 e. The molecule has 1 amide bonds. The zero-order valence-corrected chi connectivity index (χ0v) is 18.9. The van der Waals surface area contributed by atoms with Crippen molar-refractivity contribution in [2.75, 3.05) is 25.0 Å². The topological polar surface area (TPSA) is 70.4 Å². The van der Waals surface area contributed by atoms with E-state index in [1.165, 1.54) is 29.5 Å². The Balaban J connectivity index is 1.24. The van der Waals surface area contributed by atoms with Crippen LogP contribution in [0.15, 0.2) is 30.6 Å². The zero-order valence-electron chi connectivity index (χ0n) is 18.9. The van der Waals surface area contributed by atoms with Gasteiger partial charge in [-0.15, -0.1) is 0 Å². The highest BCUT2D eigenvalue weighted by Crippen LogP contribution is 2.44. The third-order valence-electron chi connectivity index (χ3n) is 7.08. The van der Waals surface area contributed by atoms with Gasteiger partial charge in [0.2, 0.25) is 5.91 Å². The fraction of sp³-hybridized carbons (Fsp3) is 0.600. The van der Waals surface area contributed by atoms with Crippen LogP contribution in [0.2, 0.25) is 0 Å². The Kier molecular flexibility index (Phi) is 6.65. The average molecular weight is 425 g/mol. The standard InChI is InChI=1S/C25H36N4O2/c1-19-13-20(2)15-21(14-19)3-4-24(31)28-10-9-25(18-28)7-5-22(6-8-25)27-23-16-26-29(17-23)11-12-30/h13-17,22,27,30H,3-12,18H2,1-2H3/t22-,25-. The molecule has 1 aromatic heterocycles. The molecular weight excluding hydrogens is 388 g/mol. The number of hydrogen-bond donors (Lipinski definition) is 2. The van der Waals surface area contributed by atoms with Crippen LogP contribution in [0.1, 0.15) is 55.2 Å². The zero-order chi connectivity index (χ0) is 21.8. The molecule has 2 N–H and O–H groups in total. The first-order valence-electron chi connectivity index (χ1n) is 11.7. The molecule has 0 atom stereocenters. The molecule has 4 rings (SSSR count). The lowest BCUT2D eigenvalue weighted by atomic mass is 9.72. The molecule has 2 aliphatic rings. The lowest BCUT2D eigenvalue weighted by molar-refractivity contribution is -0.130. The summed E-state index contributed by atoms with van der Waals surface area (Å²) in [6, 6.07) is 7.05. The predicted octanol–water partition coefficient (Wildman–Crippen LogP) is 3.70. The number of amides is 1. The Morgan fingerprint density at radius 1 is 1.19 bits per heavy atom. The van der Waals surface area contributed by atoms with Gasteiger partial charge in [0, 0.05) is 31.7 Å². The number of aryl methyl sites for hydroxylation is 3. The largest absolute Gasteiger partial charge is 0.394 e. The van der Waals surface area contributed by atoms with E-state index in [-0.39, 0.29) is 6.61 Å². The van der Waals surface area contributed by atoms with Crippen LogP contribution in [-0.4, -0.2) is 51.4 Å². The lowest BCUT2D eigenvalue weighted by Crippen LogP contribution is -2.37. The first-order valence-corrected chi connectivity index (χ1v) is 11.7. The van der Waals surface area contributed by atoms with Crippen molar-refractivity contribution >= 4 is 11.6 Å². The Morgan fingerprint density at radius 3 is 2.65 bits per heavy atom. The lowest BCUT2D eigenvalue weighted by Gasteiger charge is -2.37. The van der Waals surface area contributed by atoms with E-state index in [9.17, 15) is 4.79 Å². The molecule has 31 heavy (non-hydrogen) atoms. The number of aromatic nitrogens is 2. The number of nitrogens with zero attached hydrogens (tertiary/aromatic N) is 3. The number of hydrogen-bond acceptors (Lipinski definition) is 4. The van der Waals surface area contributed by atoms with Crippen LogP contribution in [0.3, 0.4) is 0 Å². The maximum atomic E-state index is 12.9. The van der Waals surface area contributed by atoms with Crippen LogP contribution in [0.25, 0.3) is 0 Å². The second kappa shape index (κ2) is 9.43. The molecule has 0 unspecified atom stereocenters. The van der Waals surface area contributed by atoms with Crippen LogP contribution < -0.4 is 5.32 Å². The molecule has 1 aliphatic heterocycles. The molecule has 2 fully saturated rings. The van der Waals surface area contributed by atoms with E-state index in [2.05, 4.69) is 47.4 Å². The summed E-state index contributed by atoms with van der Waals surface area (Å²) in [5, 5.41) is 16.9. The molecule has 1 spiro atoms. The fourth-order valence-corrected chi connectivity index (χ4v) is 5.45. The number of rotatable bonds is 7. The average Bonchev–Trinajstić information content (AvgIpc) is 3.35. The fourth-order valence-electron chi connectivity index (χ4n) is 5.45. The van der Waals surface area contributed by atoms with Crippen molar-refractivity contribution in [3.8, 4) is 0 Å². The van der Waals surface area contributed by atoms with Gasteiger partial charge in [-0.2, -0.15) is 5.10 Å². The second-order valence-electron chi connectivity index (χ2n) is 9.70. The van der Waals surface area contributed by atoms with Gasteiger partial charge in [0.1, 0.15) is 0 Å². The molecule has 2 heterocycles. The van der Waals surface area contributed by atoms with E-state index in [0.29, 0.717) is 30.3 Å². The maximum Gasteiger partial charge on any atom is 0.222 e. The summed E-state index contributed by atoms with van der Waals surface area (Å²) in [5.74, 6) is 0.313. The van der Waals surface area contributed by atoms with Gasteiger partial charge >= 0.3 is 0 Å². The predicted molar refractivity (Wildman–Crippen MR) is 123 cm³/mol. The molecule has 1 saturated heterocycles. The van der Waals surface area contributed by atoms with E-state index in [1.54, 1.807) is 4.68 Å². The smallest absolute Gasteiger partial charge is 0.222 e. The highest BCUT2D eigenvalue weighted by Gasteiger charge is 2.42. The van der Waals surface area contributed by atoms with Crippen LogP contribution >= 0.6 is 0 Å². The Hall–Kier alpha value is -2.34. The van der Waals surface area contributed by atoms with Crippen molar-refractivity contribution in [2.45, 2.75) is 71.4 Å². The third-order valence-corrected chi connectivity index (χ3v) is 7.08. The summed E-state index contributed by atoms with van der Waals surface area (Å²) >= 11 is 0. The van der Waals surface area contributed by atoms with E-state index in [1.807, 2.05) is 12.4 Å². The number of benzene rings is 1. The van der Waals surface area contributed by atoms with E-state index >= 15 is 0 Å². The van der Waals surface area contributed by atoms with Crippen LogP contribution in [-0.2, 0) is 17.8 Å². The monoisotopic (exact) mass is 424 g/mol. The Morgan fingerprint density at radius 2 is 1.94 bits per heavy atom. The van der Waals surface area contributed by atoms with Gasteiger partial charge in [-0.1, -0.05) is 29.3 Å². The van der Waals surface area contributed by atoms with E-state index in [0.717, 1.165) is 44.5 Å².